The van der Waals surface area contributed by atoms with Crippen LogP contribution in [0.4, 0.5) is 18.0 Å². The van der Waals surface area contributed by atoms with E-state index >= 15 is 0 Å². The number of piperidine rings is 2. The molecule has 6 nitrogen and oxygen atoms in total. The highest BCUT2D eigenvalue weighted by molar-refractivity contribution is 5.75. The molecule has 1 aliphatic carbocycles. The molecule has 2 saturated heterocycles. The number of hydrogen-bond donors (Lipinski definition) is 1. The van der Waals surface area contributed by atoms with E-state index in [1.807, 2.05) is 4.90 Å². The third-order valence-corrected chi connectivity index (χ3v) is 7.43. The summed E-state index contributed by atoms with van der Waals surface area (Å²) in [5.41, 5.74) is 2.18. The SMILES string of the molecule is N#CC1CCN(C(=O)N2CC(c3ccc(C(F)(F)F)cc3)CC(c3cc(C4CC4)[nH]n3)C2)CC1. The maximum absolute atomic E-state index is 13.4. The summed E-state index contributed by atoms with van der Waals surface area (Å²) in [4.78, 5) is 17.0. The molecular formula is C25H28F3N5O. The Hall–Kier alpha value is -3.02. The third-order valence-electron chi connectivity index (χ3n) is 7.43. The van der Waals surface area contributed by atoms with Crippen molar-refractivity contribution in [1.82, 2.24) is 20.0 Å². The van der Waals surface area contributed by atoms with Gasteiger partial charge in [-0.25, -0.2) is 4.79 Å². The van der Waals surface area contributed by atoms with E-state index in [1.165, 1.54) is 12.1 Å². The molecule has 1 aromatic carbocycles. The van der Waals surface area contributed by atoms with Gasteiger partial charge in [0.15, 0.2) is 0 Å². The molecular weight excluding hydrogens is 443 g/mol. The highest BCUT2D eigenvalue weighted by atomic mass is 19.4. The topological polar surface area (TPSA) is 76.0 Å². The second-order valence-corrected chi connectivity index (χ2v) is 9.85. The molecule has 34 heavy (non-hydrogen) atoms. The number of halogens is 3. The van der Waals surface area contributed by atoms with Gasteiger partial charge in [0.25, 0.3) is 0 Å². The van der Waals surface area contributed by atoms with E-state index in [0.717, 1.165) is 48.3 Å². The van der Waals surface area contributed by atoms with Crippen LogP contribution in [0.3, 0.4) is 0 Å². The van der Waals surface area contributed by atoms with Gasteiger partial charge in [0.2, 0.25) is 0 Å². The maximum atomic E-state index is 13.4. The fourth-order valence-electron chi connectivity index (χ4n) is 5.22. The number of nitrogens with zero attached hydrogens (tertiary/aromatic N) is 4. The number of H-pyrrole nitrogens is 1. The Labute approximate surface area is 196 Å². The van der Waals surface area contributed by atoms with Gasteiger partial charge in [0.05, 0.1) is 17.3 Å². The second kappa shape index (κ2) is 8.97. The first-order valence-corrected chi connectivity index (χ1v) is 12.0. The van der Waals surface area contributed by atoms with Crippen LogP contribution in [0, 0.1) is 17.2 Å². The summed E-state index contributed by atoms with van der Waals surface area (Å²) in [6.07, 6.45) is 0.00540. The molecule has 0 spiro atoms. The lowest BCUT2D eigenvalue weighted by atomic mass is 9.82. The summed E-state index contributed by atoms with van der Waals surface area (Å²) >= 11 is 0. The highest BCUT2D eigenvalue weighted by Crippen LogP contribution is 2.42. The molecule has 1 aromatic heterocycles. The van der Waals surface area contributed by atoms with Gasteiger partial charge in [-0.15, -0.1) is 0 Å². The van der Waals surface area contributed by atoms with Crippen molar-refractivity contribution in [3.05, 3.63) is 52.8 Å². The minimum Gasteiger partial charge on any atom is -0.325 e. The van der Waals surface area contributed by atoms with Crippen LogP contribution >= 0.6 is 0 Å². The van der Waals surface area contributed by atoms with Crippen molar-refractivity contribution in [2.75, 3.05) is 26.2 Å². The fourth-order valence-corrected chi connectivity index (χ4v) is 5.22. The maximum Gasteiger partial charge on any atom is 0.416 e. The number of aromatic nitrogens is 2. The summed E-state index contributed by atoms with van der Waals surface area (Å²) in [6.45, 7) is 2.09. The largest absolute Gasteiger partial charge is 0.416 e. The van der Waals surface area contributed by atoms with Crippen molar-refractivity contribution in [2.45, 2.75) is 56.0 Å². The van der Waals surface area contributed by atoms with Gasteiger partial charge in [-0.05, 0) is 55.9 Å². The average molecular weight is 472 g/mol. The minimum atomic E-state index is -4.38. The van der Waals surface area contributed by atoms with Gasteiger partial charge in [-0.1, -0.05) is 12.1 Å². The molecule has 1 N–H and O–H groups in total. The van der Waals surface area contributed by atoms with Crippen molar-refractivity contribution in [3.8, 4) is 6.07 Å². The number of aromatic amines is 1. The molecule has 1 saturated carbocycles. The Balaban J connectivity index is 1.37. The molecule has 9 heteroatoms. The van der Waals surface area contributed by atoms with E-state index in [1.54, 1.807) is 4.90 Å². The van der Waals surface area contributed by atoms with Crippen molar-refractivity contribution < 1.29 is 18.0 Å². The van der Waals surface area contributed by atoms with Crippen molar-refractivity contribution in [2.24, 2.45) is 5.92 Å². The normalized spacial score (nSPS) is 24.2. The first-order valence-electron chi connectivity index (χ1n) is 12.0. The lowest BCUT2D eigenvalue weighted by Crippen LogP contribution is -2.51. The first kappa shape index (κ1) is 22.8. The number of amides is 2. The van der Waals surface area contributed by atoms with Crippen molar-refractivity contribution in [1.29, 1.82) is 5.26 Å². The number of rotatable bonds is 3. The van der Waals surface area contributed by atoms with E-state index < -0.39 is 11.7 Å². The molecule has 0 bridgehead atoms. The van der Waals surface area contributed by atoms with Crippen LogP contribution in [0.25, 0.3) is 0 Å². The van der Waals surface area contributed by atoms with E-state index in [0.29, 0.717) is 44.9 Å². The molecule has 3 aliphatic rings. The van der Waals surface area contributed by atoms with Gasteiger partial charge >= 0.3 is 12.2 Å². The quantitative estimate of drug-likeness (QED) is 0.666. The lowest BCUT2D eigenvalue weighted by Gasteiger charge is -2.41. The molecule has 5 rings (SSSR count). The molecule has 2 atom stereocenters. The molecule has 3 fully saturated rings. The Kier molecular flexibility index (Phi) is 6.00. The summed E-state index contributed by atoms with van der Waals surface area (Å²) in [5, 5.41) is 16.8. The average Bonchev–Trinajstić information content (AvgIpc) is 3.59. The third kappa shape index (κ3) is 4.77. The number of benzene rings is 1. The Morgan fingerprint density at radius 3 is 2.29 bits per heavy atom. The van der Waals surface area contributed by atoms with E-state index in [4.69, 9.17) is 5.26 Å². The van der Waals surface area contributed by atoms with Crippen LogP contribution in [0.5, 0.6) is 0 Å². The number of carbonyl (C=O) groups excluding carboxylic acids is 1. The van der Waals surface area contributed by atoms with Crippen LogP contribution in [0.2, 0.25) is 0 Å². The van der Waals surface area contributed by atoms with Crippen LogP contribution < -0.4 is 0 Å². The van der Waals surface area contributed by atoms with Gasteiger partial charge in [0, 0.05) is 55.5 Å². The van der Waals surface area contributed by atoms with Gasteiger partial charge in [-0.2, -0.15) is 23.5 Å². The number of likely N-dealkylation sites (tertiary alicyclic amines) is 2. The minimum absolute atomic E-state index is 0.00499. The van der Waals surface area contributed by atoms with Gasteiger partial charge < -0.3 is 9.80 Å². The lowest BCUT2D eigenvalue weighted by molar-refractivity contribution is -0.137. The second-order valence-electron chi connectivity index (χ2n) is 9.85. The predicted molar refractivity (Wildman–Crippen MR) is 119 cm³/mol. The van der Waals surface area contributed by atoms with Gasteiger partial charge in [0.1, 0.15) is 0 Å². The summed E-state index contributed by atoms with van der Waals surface area (Å²) < 4.78 is 39.2. The number of hydrogen-bond acceptors (Lipinski definition) is 3. The van der Waals surface area contributed by atoms with Gasteiger partial charge in [-0.3, -0.25) is 5.10 Å². The van der Waals surface area contributed by atoms with Crippen molar-refractivity contribution in [3.63, 3.8) is 0 Å². The zero-order chi connectivity index (χ0) is 23.9. The van der Waals surface area contributed by atoms with E-state index in [9.17, 15) is 18.0 Å². The zero-order valence-corrected chi connectivity index (χ0v) is 18.9. The van der Waals surface area contributed by atoms with Crippen LogP contribution in [-0.2, 0) is 6.18 Å². The fraction of sp³-hybridized carbons (Fsp3) is 0.560. The molecule has 0 radical (unpaired) electrons. The van der Waals surface area contributed by atoms with Crippen LogP contribution in [0.1, 0.15) is 72.4 Å². The van der Waals surface area contributed by atoms with Crippen LogP contribution in [0.15, 0.2) is 30.3 Å². The molecule has 3 heterocycles. The molecule has 2 unspecified atom stereocenters. The summed E-state index contributed by atoms with van der Waals surface area (Å²) in [7, 11) is 0. The number of nitriles is 1. The van der Waals surface area contributed by atoms with Crippen LogP contribution in [-0.4, -0.2) is 52.2 Å². The smallest absolute Gasteiger partial charge is 0.325 e. The number of alkyl halides is 3. The molecule has 180 valence electrons. The summed E-state index contributed by atoms with van der Waals surface area (Å²) in [5.74, 6) is 0.450. The molecule has 2 amide bonds. The number of nitrogens with one attached hydrogen (secondary N) is 1. The number of urea groups is 1. The Morgan fingerprint density at radius 1 is 1.00 bits per heavy atom. The van der Waals surface area contributed by atoms with E-state index in [-0.39, 0.29) is 23.8 Å². The zero-order valence-electron chi connectivity index (χ0n) is 18.9. The van der Waals surface area contributed by atoms with E-state index in [2.05, 4.69) is 22.3 Å². The monoisotopic (exact) mass is 471 g/mol. The molecule has 2 aliphatic heterocycles. The standard InChI is InChI=1S/C25H28F3N5O/c26-25(27,28)21-5-3-17(4-6-21)19-11-20(23-12-22(30-31-23)18-1-2-18)15-33(14-19)24(34)32-9-7-16(13-29)8-10-32/h3-6,12,16,18-20H,1-2,7-11,14-15H2,(H,30,31). The highest BCUT2D eigenvalue weighted by Gasteiger charge is 2.37. The first-order chi connectivity index (χ1) is 16.3. The predicted octanol–water partition coefficient (Wildman–Crippen LogP) is 5.23. The number of carbonyl (C=O) groups is 1. The van der Waals surface area contributed by atoms with Crippen molar-refractivity contribution >= 4 is 6.03 Å². The Morgan fingerprint density at radius 2 is 1.68 bits per heavy atom. The Bertz CT molecular complexity index is 1060. The molecule has 2 aromatic rings. The summed E-state index contributed by atoms with van der Waals surface area (Å²) in [6, 6.07) is 9.65.